The second-order valence-corrected chi connectivity index (χ2v) is 18.0. The maximum Gasteiger partial charge on any atom is 0.490 e. The molecule has 2 aliphatic rings. The number of hydrogen-bond acceptors (Lipinski definition) is 17. The van der Waals surface area contributed by atoms with Crippen LogP contribution in [0.25, 0.3) is 21.5 Å². The molecule has 1 saturated carbocycles. The first-order chi connectivity index (χ1) is 29.9. The number of benzene rings is 1. The number of aromatic nitrogens is 3. The number of phosphoric ester groups is 1. The monoisotopic (exact) mass is 946 g/mol. The molecule has 1 aliphatic carbocycles. The van der Waals surface area contributed by atoms with Crippen LogP contribution in [0.4, 0.5) is 5.95 Å². The predicted molar refractivity (Wildman–Crippen MR) is 217 cm³/mol. The van der Waals surface area contributed by atoms with Gasteiger partial charge in [-0.2, -0.15) is 13.6 Å². The molecule has 63 heavy (non-hydrogen) atoms. The van der Waals surface area contributed by atoms with E-state index >= 15 is 0 Å². The second kappa shape index (κ2) is 22.8. The van der Waals surface area contributed by atoms with E-state index in [0.29, 0.717) is 30.4 Å². The Kier molecular flexibility index (Phi) is 17.8. The van der Waals surface area contributed by atoms with Crippen molar-refractivity contribution in [3.63, 3.8) is 0 Å². The highest BCUT2D eigenvalue weighted by Crippen LogP contribution is 2.66. The van der Waals surface area contributed by atoms with E-state index in [1.807, 2.05) is 0 Å². The number of nitrogens with zero attached hydrogens (tertiary/aromatic N) is 5. The molecule has 2 aromatic heterocycles. The number of anilines is 1. The fraction of sp³-hybridized carbons (Fsp3) is 0.515. The fourth-order valence-corrected chi connectivity index (χ4v) is 9.01. The highest BCUT2D eigenvalue weighted by molar-refractivity contribution is 7.66. The second-order valence-electron chi connectivity index (χ2n) is 13.6. The average Bonchev–Trinajstić information content (AvgIpc) is 3.80. The molecule has 5 rings (SSSR count). The van der Waals surface area contributed by atoms with Crippen LogP contribution in [-0.2, 0) is 45.8 Å². The summed E-state index contributed by atoms with van der Waals surface area (Å²) in [5.74, 6) is 4.86. The van der Waals surface area contributed by atoms with Crippen molar-refractivity contribution >= 4 is 52.3 Å². The van der Waals surface area contributed by atoms with Gasteiger partial charge in [0.05, 0.1) is 43.4 Å². The van der Waals surface area contributed by atoms with Crippen LogP contribution >= 0.6 is 23.5 Å². The van der Waals surface area contributed by atoms with Gasteiger partial charge in [-0.1, -0.05) is 29.4 Å². The maximum atomic E-state index is 12.9. The zero-order valence-corrected chi connectivity index (χ0v) is 35.8. The largest absolute Gasteiger partial charge is 0.491 e. The van der Waals surface area contributed by atoms with Crippen molar-refractivity contribution < 1.29 is 75.0 Å². The summed E-state index contributed by atoms with van der Waals surface area (Å²) in [4.78, 5) is 83.6. The number of carbonyl (C=O) groups is 2. The molecule has 0 bridgehead atoms. The lowest BCUT2D eigenvalue weighted by Gasteiger charge is -2.26. The Morgan fingerprint density at radius 2 is 1.89 bits per heavy atom. The maximum absolute atomic E-state index is 12.9. The van der Waals surface area contributed by atoms with Gasteiger partial charge in [-0.3, -0.25) is 23.9 Å². The number of fused-ring (bicyclic) bond motifs is 1. The van der Waals surface area contributed by atoms with E-state index in [0.717, 1.165) is 12.8 Å². The van der Waals surface area contributed by atoms with E-state index in [1.165, 1.54) is 17.2 Å². The Bertz CT molecular complexity index is 2410. The molecule has 2 fully saturated rings. The summed E-state index contributed by atoms with van der Waals surface area (Å²) < 4.78 is 70.5. The van der Waals surface area contributed by atoms with Crippen molar-refractivity contribution in [2.75, 3.05) is 58.4 Å². The molecule has 0 spiro atoms. The van der Waals surface area contributed by atoms with Gasteiger partial charge in [-0.25, -0.2) is 13.7 Å². The number of nitrogen functional groups attached to an aromatic ring is 1. The van der Waals surface area contributed by atoms with Gasteiger partial charge in [0.1, 0.15) is 25.2 Å². The molecule has 1 saturated heterocycles. The Morgan fingerprint density at radius 3 is 2.62 bits per heavy atom. The molecule has 30 heteroatoms. The van der Waals surface area contributed by atoms with E-state index in [4.69, 9.17) is 40.0 Å². The summed E-state index contributed by atoms with van der Waals surface area (Å²) in [7, 11) is -16.7. The molecule has 3 aromatic rings. The van der Waals surface area contributed by atoms with E-state index < -0.39 is 60.1 Å². The van der Waals surface area contributed by atoms with Gasteiger partial charge in [0, 0.05) is 35.8 Å². The summed E-state index contributed by atoms with van der Waals surface area (Å²) in [5, 5.41) is 12.4. The van der Waals surface area contributed by atoms with Crippen LogP contribution in [0.5, 0.6) is 5.75 Å². The van der Waals surface area contributed by atoms with Crippen LogP contribution in [0.15, 0.2) is 40.4 Å². The predicted octanol–water partition coefficient (Wildman–Crippen LogP) is 1.42. The zero-order valence-electron chi connectivity index (χ0n) is 33.1. The van der Waals surface area contributed by atoms with Gasteiger partial charge in [0.25, 0.3) is 11.5 Å². The number of phosphoric acid groups is 3. The van der Waals surface area contributed by atoms with Crippen LogP contribution in [0.3, 0.4) is 0 Å². The van der Waals surface area contributed by atoms with Crippen molar-refractivity contribution in [1.29, 1.82) is 0 Å². The number of nitrogens with one attached hydrogen (secondary N) is 4. The lowest BCUT2D eigenvalue weighted by atomic mass is 9.93. The van der Waals surface area contributed by atoms with Crippen LogP contribution in [0, 0.1) is 11.8 Å². The molecule has 344 valence electrons. The lowest BCUT2D eigenvalue weighted by molar-refractivity contribution is -0.126. The van der Waals surface area contributed by atoms with E-state index in [1.54, 1.807) is 24.3 Å². The number of carbonyl (C=O) groups excluding carboxylic acids is 2. The van der Waals surface area contributed by atoms with Gasteiger partial charge in [-0.05, 0) is 49.4 Å². The van der Waals surface area contributed by atoms with Crippen LogP contribution in [0.1, 0.15) is 54.3 Å². The lowest BCUT2D eigenvalue weighted by Crippen LogP contribution is -2.40. The molecule has 5 atom stereocenters. The molecule has 2 amide bonds. The highest BCUT2D eigenvalue weighted by atomic mass is 31.3. The number of ether oxygens (including phenoxy) is 4. The number of amides is 2. The molecule has 3 unspecified atom stereocenters. The van der Waals surface area contributed by atoms with Crippen LogP contribution in [-0.4, -0.2) is 117 Å². The summed E-state index contributed by atoms with van der Waals surface area (Å²) in [6, 6.07) is 7.03. The fourth-order valence-electron chi connectivity index (χ4n) is 5.96. The number of aromatic amines is 1. The first kappa shape index (κ1) is 49.3. The summed E-state index contributed by atoms with van der Waals surface area (Å²) in [5.41, 5.74) is 14.8. The van der Waals surface area contributed by atoms with Crippen LogP contribution < -0.4 is 32.0 Å². The smallest absolute Gasteiger partial charge is 0.490 e. The van der Waals surface area contributed by atoms with Crippen molar-refractivity contribution in [2.45, 2.75) is 56.7 Å². The normalized spacial score (nSPS) is 18.8. The molecule has 1 aliphatic heterocycles. The van der Waals surface area contributed by atoms with Gasteiger partial charge < -0.3 is 64.8 Å². The Morgan fingerprint density at radius 1 is 1.10 bits per heavy atom. The van der Waals surface area contributed by atoms with Gasteiger partial charge in [0.2, 0.25) is 11.9 Å². The quantitative estimate of drug-likeness (QED) is 0.0153. The summed E-state index contributed by atoms with van der Waals surface area (Å²) in [6.45, 7) is -0.335. The number of azide groups is 1. The molecular formula is C33H45N10O17P3. The van der Waals surface area contributed by atoms with E-state index in [2.05, 4.69) is 60.9 Å². The van der Waals surface area contributed by atoms with E-state index in [-0.39, 0.29) is 74.3 Å². The Balaban J connectivity index is 1.04. The number of hydrogen-bond donors (Lipinski definition) is 9. The van der Waals surface area contributed by atoms with Crippen molar-refractivity contribution in [3.05, 3.63) is 62.4 Å². The number of nitrogens with two attached hydrogens (primary N) is 1. The van der Waals surface area contributed by atoms with Crippen LogP contribution in [0.2, 0.25) is 0 Å². The Labute approximate surface area is 357 Å². The van der Waals surface area contributed by atoms with E-state index in [9.17, 15) is 37.9 Å². The first-order valence-electron chi connectivity index (χ1n) is 19.0. The number of rotatable bonds is 24. The van der Waals surface area contributed by atoms with Crippen molar-refractivity contribution in [1.82, 2.24) is 30.5 Å². The topological polar surface area (TPSA) is 392 Å². The third-order valence-electron chi connectivity index (χ3n) is 8.92. The zero-order chi connectivity index (χ0) is 45.6. The van der Waals surface area contributed by atoms with Crippen molar-refractivity contribution in [3.8, 4) is 17.6 Å². The minimum Gasteiger partial charge on any atom is -0.491 e. The molecular weight excluding hydrogens is 901 g/mol. The minimum absolute atomic E-state index is 0.0369. The van der Waals surface area contributed by atoms with Crippen molar-refractivity contribution in [2.24, 2.45) is 5.11 Å². The third kappa shape index (κ3) is 16.1. The van der Waals surface area contributed by atoms with Gasteiger partial charge in [0.15, 0.2) is 11.9 Å². The SMILES string of the molecule is [N-]=[N+]=NC(COc1cccc(C(=O)NCCNC2CCC2)c1)OCCOCC(=O)NCC#Cc1cn([C@H]2CC[C@@H](COP(=O)(O)OP(=O)(O)OP(=O)(O)O)O2)c2nc(N)[nH]c(=O)c12. The number of H-pyrrole nitrogens is 1. The minimum atomic E-state index is -5.71. The first-order valence-corrected chi connectivity index (χ1v) is 23.5. The molecule has 0 radical (unpaired) electrons. The Hall–Kier alpha value is -4.70. The van der Waals surface area contributed by atoms with Gasteiger partial charge >= 0.3 is 23.5 Å². The highest BCUT2D eigenvalue weighted by Gasteiger charge is 2.41. The molecule has 1 aromatic carbocycles. The van der Waals surface area contributed by atoms with Gasteiger partial charge in [-0.15, -0.1) is 0 Å². The molecule has 3 heterocycles. The molecule has 10 N–H and O–H groups in total. The standard InChI is InChI=1S/C33H45N10O17P3/c34-33-39-30-29(32(46)40-33)22(17-43(30)28-10-9-25(58-28)18-57-62(50,51)60-63(52,53)59-61(47,48)49)5-3-11-37-26(44)19-54-14-15-55-27(41-42-35)20-56-24-8-1-4-21(16-24)31(45)38-13-12-36-23-6-2-7-23/h1,4,8,16-17,23,25,27-28,36H,2,6-7,9-15,18-20H2,(H,37,44)(H,38,45)(H,50,51)(H,52,53)(H2,47,48,49)(H3,34,39,40,46)/t25-,27?,28+/m0/s1. The third-order valence-corrected chi connectivity index (χ3v) is 12.7. The average molecular weight is 947 g/mol. The summed E-state index contributed by atoms with van der Waals surface area (Å²) >= 11 is 0. The molecule has 27 nitrogen and oxygen atoms in total. The summed E-state index contributed by atoms with van der Waals surface area (Å²) in [6.07, 6.45) is 2.61.